The average molecular weight is 355 g/mol. The predicted molar refractivity (Wildman–Crippen MR) is 97.5 cm³/mol. The van der Waals surface area contributed by atoms with Crippen LogP contribution < -0.4 is 5.32 Å². The lowest BCUT2D eigenvalue weighted by molar-refractivity contribution is -0.122. The second-order valence-corrected chi connectivity index (χ2v) is 9.94. The molecule has 0 aromatic heterocycles. The van der Waals surface area contributed by atoms with Crippen molar-refractivity contribution < 1.29 is 13.2 Å². The van der Waals surface area contributed by atoms with Gasteiger partial charge in [0.1, 0.15) is 0 Å². The number of nitrogens with one attached hydrogen (secondary N) is 1. The number of rotatable bonds is 5. The Morgan fingerprint density at radius 3 is 1.92 bits per heavy atom. The van der Waals surface area contributed by atoms with E-state index in [2.05, 4.69) is 26.1 Å². The van der Waals surface area contributed by atoms with Crippen molar-refractivity contribution >= 4 is 15.9 Å². The minimum absolute atomic E-state index is 0.0423. The molecule has 1 N–H and O–H groups in total. The van der Waals surface area contributed by atoms with E-state index in [4.69, 9.17) is 0 Å². The molecule has 136 valence electrons. The molecule has 0 aliphatic heterocycles. The van der Waals surface area contributed by atoms with Gasteiger partial charge in [-0.3, -0.25) is 4.79 Å². The zero-order chi connectivity index (χ0) is 18.8. The minimum atomic E-state index is -3.69. The van der Waals surface area contributed by atoms with E-state index in [9.17, 15) is 13.2 Å². The first kappa shape index (κ1) is 20.6. The highest BCUT2D eigenvalue weighted by atomic mass is 32.2. The van der Waals surface area contributed by atoms with Crippen molar-refractivity contribution in [1.82, 2.24) is 9.62 Å². The number of likely N-dealkylation sites (N-methyl/N-ethyl adjacent to an activating group) is 1. The highest BCUT2D eigenvalue weighted by molar-refractivity contribution is 7.89. The van der Waals surface area contributed by atoms with Crippen LogP contribution in [0.25, 0.3) is 0 Å². The third kappa shape index (κ3) is 5.60. The van der Waals surface area contributed by atoms with Gasteiger partial charge < -0.3 is 5.32 Å². The standard InChI is InChI=1S/C18H30N2O3S/c1-8-20(13-16(21)19-18(5,6)7)24(22,23)15-11-9-14(10-12-15)17(2,3)4/h9-12H,8,13H2,1-7H3,(H,19,21). The smallest absolute Gasteiger partial charge is 0.243 e. The maximum absolute atomic E-state index is 12.8. The van der Waals surface area contributed by atoms with E-state index in [1.807, 2.05) is 32.9 Å². The van der Waals surface area contributed by atoms with Crippen LogP contribution in [0.1, 0.15) is 54.0 Å². The lowest BCUT2D eigenvalue weighted by Gasteiger charge is -2.25. The number of hydrogen-bond acceptors (Lipinski definition) is 3. The first-order valence-corrected chi connectivity index (χ1v) is 9.63. The fourth-order valence-corrected chi connectivity index (χ4v) is 3.67. The van der Waals surface area contributed by atoms with Crippen LogP contribution in [0.2, 0.25) is 0 Å². The van der Waals surface area contributed by atoms with Crippen LogP contribution in [0.15, 0.2) is 29.2 Å². The molecule has 0 atom stereocenters. The predicted octanol–water partition coefficient (Wildman–Crippen LogP) is 2.91. The molecular weight excluding hydrogens is 324 g/mol. The Hall–Kier alpha value is -1.40. The Morgan fingerprint density at radius 1 is 1.04 bits per heavy atom. The molecular formula is C18H30N2O3S. The topological polar surface area (TPSA) is 66.5 Å². The fraction of sp³-hybridized carbons (Fsp3) is 0.611. The fourth-order valence-electron chi connectivity index (χ4n) is 2.26. The van der Waals surface area contributed by atoms with Gasteiger partial charge in [-0.05, 0) is 43.9 Å². The van der Waals surface area contributed by atoms with Crippen LogP contribution in [0.5, 0.6) is 0 Å². The molecule has 6 heteroatoms. The van der Waals surface area contributed by atoms with Gasteiger partial charge in [0.05, 0.1) is 11.4 Å². The second-order valence-electron chi connectivity index (χ2n) is 8.00. The first-order valence-electron chi connectivity index (χ1n) is 8.19. The van der Waals surface area contributed by atoms with Crippen molar-refractivity contribution in [2.24, 2.45) is 0 Å². The summed E-state index contributed by atoms with van der Waals surface area (Å²) < 4.78 is 26.7. The molecule has 1 amide bonds. The van der Waals surface area contributed by atoms with Gasteiger partial charge in [0, 0.05) is 12.1 Å². The minimum Gasteiger partial charge on any atom is -0.350 e. The summed E-state index contributed by atoms with van der Waals surface area (Å²) >= 11 is 0. The lowest BCUT2D eigenvalue weighted by atomic mass is 9.87. The Bertz CT molecular complexity index is 666. The van der Waals surface area contributed by atoms with Crippen molar-refractivity contribution in [3.63, 3.8) is 0 Å². The van der Waals surface area contributed by atoms with E-state index in [0.29, 0.717) is 0 Å². The van der Waals surface area contributed by atoms with Crippen LogP contribution in [-0.2, 0) is 20.2 Å². The molecule has 1 aromatic rings. The molecule has 0 unspecified atom stereocenters. The second kappa shape index (κ2) is 7.23. The third-order valence-electron chi connectivity index (χ3n) is 3.55. The summed E-state index contributed by atoms with van der Waals surface area (Å²) in [7, 11) is -3.69. The van der Waals surface area contributed by atoms with Gasteiger partial charge >= 0.3 is 0 Å². The zero-order valence-electron chi connectivity index (χ0n) is 15.8. The monoisotopic (exact) mass is 354 g/mol. The summed E-state index contributed by atoms with van der Waals surface area (Å²) in [6.07, 6.45) is 0. The van der Waals surface area contributed by atoms with Crippen LogP contribution in [-0.4, -0.2) is 37.3 Å². The Kier molecular flexibility index (Phi) is 6.22. The SMILES string of the molecule is CCN(CC(=O)NC(C)(C)C)S(=O)(=O)c1ccc(C(C)(C)C)cc1. The lowest BCUT2D eigenvalue weighted by Crippen LogP contribution is -2.47. The molecule has 0 saturated carbocycles. The summed E-state index contributed by atoms with van der Waals surface area (Å²) in [5, 5.41) is 2.79. The Labute approximate surface area is 146 Å². The Balaban J connectivity index is 3.01. The molecule has 1 rings (SSSR count). The van der Waals surface area contributed by atoms with Crippen LogP contribution in [0, 0.1) is 0 Å². The molecule has 0 saturated heterocycles. The molecule has 0 bridgehead atoms. The molecule has 0 heterocycles. The quantitative estimate of drug-likeness (QED) is 0.884. The van der Waals surface area contributed by atoms with Gasteiger partial charge in [0.25, 0.3) is 0 Å². The van der Waals surface area contributed by atoms with E-state index in [1.54, 1.807) is 19.1 Å². The number of carbonyl (C=O) groups is 1. The van der Waals surface area contributed by atoms with Crippen molar-refractivity contribution in [3.8, 4) is 0 Å². The zero-order valence-corrected chi connectivity index (χ0v) is 16.6. The van der Waals surface area contributed by atoms with Crippen molar-refractivity contribution in [1.29, 1.82) is 0 Å². The number of carbonyl (C=O) groups excluding carboxylic acids is 1. The molecule has 1 aromatic carbocycles. The highest BCUT2D eigenvalue weighted by Gasteiger charge is 2.27. The van der Waals surface area contributed by atoms with Gasteiger partial charge in [-0.2, -0.15) is 4.31 Å². The number of hydrogen-bond donors (Lipinski definition) is 1. The maximum Gasteiger partial charge on any atom is 0.243 e. The molecule has 5 nitrogen and oxygen atoms in total. The number of nitrogens with zero attached hydrogens (tertiary/aromatic N) is 1. The molecule has 0 radical (unpaired) electrons. The first-order chi connectivity index (χ1) is 10.8. The number of benzene rings is 1. The summed E-state index contributed by atoms with van der Waals surface area (Å²) in [4.78, 5) is 12.3. The van der Waals surface area contributed by atoms with E-state index < -0.39 is 15.6 Å². The largest absolute Gasteiger partial charge is 0.350 e. The van der Waals surface area contributed by atoms with Crippen LogP contribution in [0.3, 0.4) is 0 Å². The Morgan fingerprint density at radius 2 is 1.54 bits per heavy atom. The van der Waals surface area contributed by atoms with E-state index >= 15 is 0 Å². The maximum atomic E-state index is 12.8. The molecule has 24 heavy (non-hydrogen) atoms. The average Bonchev–Trinajstić information content (AvgIpc) is 2.42. The van der Waals surface area contributed by atoms with Gasteiger partial charge in [0.15, 0.2) is 0 Å². The van der Waals surface area contributed by atoms with Crippen molar-refractivity contribution in [2.75, 3.05) is 13.1 Å². The van der Waals surface area contributed by atoms with Gasteiger partial charge in [0.2, 0.25) is 15.9 Å². The van der Waals surface area contributed by atoms with E-state index in [-0.39, 0.29) is 29.3 Å². The van der Waals surface area contributed by atoms with Crippen molar-refractivity contribution in [3.05, 3.63) is 29.8 Å². The number of sulfonamides is 1. The molecule has 0 spiro atoms. The van der Waals surface area contributed by atoms with Gasteiger partial charge in [-0.1, -0.05) is 39.8 Å². The normalized spacial score (nSPS) is 13.2. The molecule has 0 aliphatic rings. The van der Waals surface area contributed by atoms with Gasteiger partial charge in [-0.15, -0.1) is 0 Å². The molecule has 0 fully saturated rings. The van der Waals surface area contributed by atoms with Gasteiger partial charge in [-0.25, -0.2) is 8.42 Å². The third-order valence-corrected chi connectivity index (χ3v) is 5.48. The number of amides is 1. The van der Waals surface area contributed by atoms with E-state index in [0.717, 1.165) is 5.56 Å². The summed E-state index contributed by atoms with van der Waals surface area (Å²) in [5.41, 5.74) is 0.628. The van der Waals surface area contributed by atoms with E-state index in [1.165, 1.54) is 4.31 Å². The summed E-state index contributed by atoms with van der Waals surface area (Å²) in [5.74, 6) is -0.306. The van der Waals surface area contributed by atoms with Crippen LogP contribution >= 0.6 is 0 Å². The summed E-state index contributed by atoms with van der Waals surface area (Å²) in [6, 6.07) is 6.88. The molecule has 0 aliphatic carbocycles. The van der Waals surface area contributed by atoms with Crippen molar-refractivity contribution in [2.45, 2.75) is 64.3 Å². The summed E-state index contributed by atoms with van der Waals surface area (Å²) in [6.45, 7) is 13.6. The van der Waals surface area contributed by atoms with Crippen LogP contribution in [0.4, 0.5) is 0 Å². The highest BCUT2D eigenvalue weighted by Crippen LogP contribution is 2.24.